The van der Waals surface area contributed by atoms with E-state index in [2.05, 4.69) is 4.98 Å². The quantitative estimate of drug-likeness (QED) is 0.917. The van der Waals surface area contributed by atoms with Crippen LogP contribution in [0, 0.1) is 5.82 Å². The summed E-state index contributed by atoms with van der Waals surface area (Å²) in [6, 6.07) is 8.00. The molecule has 2 N–H and O–H groups in total. The summed E-state index contributed by atoms with van der Waals surface area (Å²) in [5.74, 6) is 0.209. The average Bonchev–Trinajstić information content (AvgIpc) is 2.32. The number of primary sulfonamides is 1. The summed E-state index contributed by atoms with van der Waals surface area (Å²) >= 11 is 0. The number of sulfonamides is 1. The van der Waals surface area contributed by atoms with Crippen LogP contribution in [0.5, 0.6) is 11.6 Å². The second-order valence-electron chi connectivity index (χ2n) is 3.43. The molecule has 7 heteroatoms. The number of benzene rings is 1. The molecule has 2 rings (SSSR count). The van der Waals surface area contributed by atoms with Crippen molar-refractivity contribution >= 4 is 10.0 Å². The minimum absolute atomic E-state index is 0.103. The van der Waals surface area contributed by atoms with Gasteiger partial charge >= 0.3 is 0 Å². The number of nitrogens with two attached hydrogens (primary N) is 1. The van der Waals surface area contributed by atoms with Crippen molar-refractivity contribution in [2.45, 2.75) is 4.90 Å². The molecular formula is C11H9FN2O3S. The molecule has 1 heterocycles. The highest BCUT2D eigenvalue weighted by atomic mass is 32.2. The van der Waals surface area contributed by atoms with Crippen molar-refractivity contribution in [1.82, 2.24) is 4.98 Å². The minimum atomic E-state index is -3.77. The molecule has 0 radical (unpaired) electrons. The van der Waals surface area contributed by atoms with E-state index in [4.69, 9.17) is 9.88 Å². The summed E-state index contributed by atoms with van der Waals surface area (Å²) in [5.41, 5.74) is 0. The molecule has 0 amide bonds. The Morgan fingerprint density at radius 1 is 1.11 bits per heavy atom. The molecule has 0 aliphatic heterocycles. The predicted molar refractivity (Wildman–Crippen MR) is 62.1 cm³/mol. The molecule has 18 heavy (non-hydrogen) atoms. The van der Waals surface area contributed by atoms with Crippen LogP contribution in [0.2, 0.25) is 0 Å². The highest BCUT2D eigenvalue weighted by molar-refractivity contribution is 7.89. The third-order valence-corrected chi connectivity index (χ3v) is 2.97. The summed E-state index contributed by atoms with van der Waals surface area (Å²) in [5, 5.41) is 4.93. The molecule has 0 unspecified atom stereocenters. The molecule has 2 aromatic rings. The Labute approximate surface area is 103 Å². The molecule has 1 aromatic carbocycles. The summed E-state index contributed by atoms with van der Waals surface area (Å²) in [4.78, 5) is 3.68. The lowest BCUT2D eigenvalue weighted by atomic mass is 10.3. The van der Waals surface area contributed by atoms with Gasteiger partial charge in [0, 0.05) is 6.07 Å². The van der Waals surface area contributed by atoms with Gasteiger partial charge in [0.15, 0.2) is 0 Å². The minimum Gasteiger partial charge on any atom is -0.439 e. The van der Waals surface area contributed by atoms with Crippen LogP contribution in [-0.4, -0.2) is 13.4 Å². The SMILES string of the molecule is NS(=O)(=O)c1ccc(Oc2ccc(F)cc2)nc1. The predicted octanol–water partition coefficient (Wildman–Crippen LogP) is 1.66. The highest BCUT2D eigenvalue weighted by Crippen LogP contribution is 2.20. The van der Waals surface area contributed by atoms with Gasteiger partial charge in [-0.05, 0) is 30.3 Å². The zero-order chi connectivity index (χ0) is 13.2. The summed E-state index contributed by atoms with van der Waals surface area (Å²) in [6.45, 7) is 0. The maximum atomic E-state index is 12.7. The van der Waals surface area contributed by atoms with E-state index in [0.717, 1.165) is 6.20 Å². The molecule has 94 valence electrons. The average molecular weight is 268 g/mol. The fourth-order valence-corrected chi connectivity index (χ4v) is 1.68. The van der Waals surface area contributed by atoms with Gasteiger partial charge in [0.25, 0.3) is 0 Å². The molecule has 0 fully saturated rings. The zero-order valence-corrected chi connectivity index (χ0v) is 9.89. The van der Waals surface area contributed by atoms with Crippen LogP contribution in [-0.2, 0) is 10.0 Å². The van der Waals surface area contributed by atoms with Gasteiger partial charge in [0.1, 0.15) is 16.5 Å². The van der Waals surface area contributed by atoms with Crippen molar-refractivity contribution in [3.05, 3.63) is 48.4 Å². The van der Waals surface area contributed by atoms with E-state index in [1.54, 1.807) is 0 Å². The highest BCUT2D eigenvalue weighted by Gasteiger charge is 2.08. The Balaban J connectivity index is 2.18. The van der Waals surface area contributed by atoms with Gasteiger partial charge in [-0.1, -0.05) is 0 Å². The molecule has 0 saturated heterocycles. The summed E-state index contributed by atoms with van der Waals surface area (Å²) in [6.07, 6.45) is 1.09. The topological polar surface area (TPSA) is 82.3 Å². The van der Waals surface area contributed by atoms with Crippen molar-refractivity contribution in [2.24, 2.45) is 5.14 Å². The fraction of sp³-hybridized carbons (Fsp3) is 0. The lowest BCUT2D eigenvalue weighted by Gasteiger charge is -2.04. The van der Waals surface area contributed by atoms with E-state index in [0.29, 0.717) is 5.75 Å². The molecule has 0 atom stereocenters. The number of ether oxygens (including phenoxy) is 1. The maximum Gasteiger partial charge on any atom is 0.239 e. The zero-order valence-electron chi connectivity index (χ0n) is 9.08. The van der Waals surface area contributed by atoms with Crippen molar-refractivity contribution in [2.75, 3.05) is 0 Å². The Morgan fingerprint density at radius 3 is 2.28 bits per heavy atom. The first-order valence-corrected chi connectivity index (χ1v) is 6.42. The first kappa shape index (κ1) is 12.5. The number of aromatic nitrogens is 1. The third kappa shape index (κ3) is 3.02. The lowest BCUT2D eigenvalue weighted by Crippen LogP contribution is -2.12. The van der Waals surface area contributed by atoms with Crippen molar-refractivity contribution in [3.8, 4) is 11.6 Å². The van der Waals surface area contributed by atoms with Crippen molar-refractivity contribution in [1.29, 1.82) is 0 Å². The second kappa shape index (κ2) is 4.71. The van der Waals surface area contributed by atoms with Crippen LogP contribution in [0.25, 0.3) is 0 Å². The van der Waals surface area contributed by atoms with Gasteiger partial charge in [-0.15, -0.1) is 0 Å². The van der Waals surface area contributed by atoms with Gasteiger partial charge < -0.3 is 4.74 Å². The summed E-state index contributed by atoms with van der Waals surface area (Å²) < 4.78 is 39.9. The number of nitrogens with zero attached hydrogens (tertiary/aromatic N) is 1. The van der Waals surface area contributed by atoms with E-state index < -0.39 is 10.0 Å². The van der Waals surface area contributed by atoms with E-state index in [9.17, 15) is 12.8 Å². The molecule has 1 aromatic heterocycles. The van der Waals surface area contributed by atoms with Crippen LogP contribution in [0.3, 0.4) is 0 Å². The van der Waals surface area contributed by atoms with Crippen LogP contribution in [0.15, 0.2) is 47.5 Å². The van der Waals surface area contributed by atoms with Crippen LogP contribution in [0.4, 0.5) is 4.39 Å². The van der Waals surface area contributed by atoms with Crippen molar-refractivity contribution in [3.63, 3.8) is 0 Å². The standard InChI is InChI=1S/C11H9FN2O3S/c12-8-1-3-9(4-2-8)17-11-6-5-10(7-14-11)18(13,15)16/h1-7H,(H2,13,15,16). The largest absolute Gasteiger partial charge is 0.439 e. The number of hydrogen-bond acceptors (Lipinski definition) is 4. The van der Waals surface area contributed by atoms with Gasteiger partial charge in [0.2, 0.25) is 15.9 Å². The lowest BCUT2D eigenvalue weighted by molar-refractivity contribution is 0.460. The smallest absolute Gasteiger partial charge is 0.239 e. The van der Waals surface area contributed by atoms with Crippen LogP contribution < -0.4 is 9.88 Å². The molecule has 0 bridgehead atoms. The van der Waals surface area contributed by atoms with Gasteiger partial charge in [0.05, 0.1) is 6.20 Å². The molecular weight excluding hydrogens is 259 g/mol. The molecule has 0 aliphatic rings. The monoisotopic (exact) mass is 268 g/mol. The van der Waals surface area contributed by atoms with Gasteiger partial charge in [-0.2, -0.15) is 0 Å². The molecule has 0 saturated carbocycles. The first-order valence-electron chi connectivity index (χ1n) is 4.87. The maximum absolute atomic E-state index is 12.7. The third-order valence-electron chi connectivity index (χ3n) is 2.07. The van der Waals surface area contributed by atoms with E-state index >= 15 is 0 Å². The van der Waals surface area contributed by atoms with Gasteiger partial charge in [-0.3, -0.25) is 0 Å². The number of pyridine rings is 1. The normalized spacial score (nSPS) is 11.2. The molecule has 5 nitrogen and oxygen atoms in total. The second-order valence-corrected chi connectivity index (χ2v) is 4.99. The summed E-state index contributed by atoms with van der Waals surface area (Å²) in [7, 11) is -3.77. The Hall–Kier alpha value is -1.99. The number of halogens is 1. The number of hydrogen-bond donors (Lipinski definition) is 1. The van der Waals surface area contributed by atoms with Crippen molar-refractivity contribution < 1.29 is 17.5 Å². The molecule has 0 aliphatic carbocycles. The fourth-order valence-electron chi connectivity index (χ4n) is 1.22. The first-order chi connectivity index (χ1) is 8.45. The Morgan fingerprint density at radius 2 is 1.78 bits per heavy atom. The van der Waals surface area contributed by atoms with Crippen LogP contribution in [0.1, 0.15) is 0 Å². The Kier molecular flexibility index (Phi) is 3.26. The number of rotatable bonds is 3. The van der Waals surface area contributed by atoms with E-state index in [1.165, 1.54) is 36.4 Å². The van der Waals surface area contributed by atoms with Gasteiger partial charge in [-0.25, -0.2) is 22.9 Å². The van der Waals surface area contributed by atoms with E-state index in [-0.39, 0.29) is 16.6 Å². The molecule has 0 spiro atoms. The van der Waals surface area contributed by atoms with Crippen LogP contribution >= 0.6 is 0 Å². The van der Waals surface area contributed by atoms with E-state index in [1.807, 2.05) is 0 Å². The Bertz CT molecular complexity index is 639.